The van der Waals surface area contributed by atoms with E-state index in [1.807, 2.05) is 13.8 Å². The van der Waals surface area contributed by atoms with E-state index in [1.165, 1.54) is 6.07 Å². The molecule has 0 aliphatic heterocycles. The first-order valence-electron chi connectivity index (χ1n) is 10.6. The molecule has 8 heteroatoms. The maximum Gasteiger partial charge on any atom is 0.261 e. The maximum absolute atomic E-state index is 12.8. The maximum atomic E-state index is 12.8. The van der Waals surface area contributed by atoms with E-state index in [1.54, 1.807) is 67.6 Å². The number of nitrogens with one attached hydrogen (secondary N) is 3. The molecule has 0 bridgehead atoms. The van der Waals surface area contributed by atoms with Gasteiger partial charge in [-0.3, -0.25) is 14.3 Å². The standard InChI is InChI=1S/C25H27N3O4S/c1-4-15-26-25(30)21-7-5-6-8-23(21)27-24(29)19-11-14-22(18(3)16-19)28-33(31,32)20-12-9-17(2)10-13-20/h5-14,16,28H,4,15H2,1-3H3,(H,26,30)(H,27,29). The highest BCUT2D eigenvalue weighted by molar-refractivity contribution is 7.92. The number of amides is 2. The van der Waals surface area contributed by atoms with Crippen molar-refractivity contribution in [2.75, 3.05) is 16.6 Å². The van der Waals surface area contributed by atoms with E-state index in [2.05, 4.69) is 15.4 Å². The number of carbonyl (C=O) groups excluding carboxylic acids is 2. The smallest absolute Gasteiger partial charge is 0.261 e. The Morgan fingerprint density at radius 2 is 1.55 bits per heavy atom. The highest BCUT2D eigenvalue weighted by Gasteiger charge is 2.17. The summed E-state index contributed by atoms with van der Waals surface area (Å²) >= 11 is 0. The van der Waals surface area contributed by atoms with Gasteiger partial charge in [-0.15, -0.1) is 0 Å². The van der Waals surface area contributed by atoms with Crippen LogP contribution in [0.2, 0.25) is 0 Å². The first-order chi connectivity index (χ1) is 15.7. The van der Waals surface area contributed by atoms with Gasteiger partial charge in [-0.05, 0) is 68.3 Å². The zero-order chi connectivity index (χ0) is 24.0. The molecule has 3 N–H and O–H groups in total. The molecule has 0 heterocycles. The zero-order valence-electron chi connectivity index (χ0n) is 18.8. The van der Waals surface area contributed by atoms with Gasteiger partial charge in [-0.2, -0.15) is 0 Å². The van der Waals surface area contributed by atoms with Gasteiger partial charge in [-0.1, -0.05) is 36.8 Å². The summed E-state index contributed by atoms with van der Waals surface area (Å²) in [6.07, 6.45) is 0.805. The lowest BCUT2D eigenvalue weighted by Gasteiger charge is -2.14. The molecule has 0 radical (unpaired) electrons. The van der Waals surface area contributed by atoms with Gasteiger partial charge in [0.25, 0.3) is 21.8 Å². The lowest BCUT2D eigenvalue weighted by molar-refractivity contribution is 0.0954. The molecule has 172 valence electrons. The minimum absolute atomic E-state index is 0.160. The van der Waals surface area contributed by atoms with Crippen LogP contribution in [-0.2, 0) is 10.0 Å². The van der Waals surface area contributed by atoms with Gasteiger partial charge < -0.3 is 10.6 Å². The highest BCUT2D eigenvalue weighted by atomic mass is 32.2. The van der Waals surface area contributed by atoms with E-state index in [4.69, 9.17) is 0 Å². The van der Waals surface area contributed by atoms with Crippen molar-refractivity contribution in [2.45, 2.75) is 32.1 Å². The van der Waals surface area contributed by atoms with Crippen molar-refractivity contribution in [1.82, 2.24) is 5.32 Å². The molecule has 0 spiro atoms. The number of para-hydroxylation sites is 1. The minimum Gasteiger partial charge on any atom is -0.352 e. The predicted octanol–water partition coefficient (Wildman–Crippen LogP) is 4.50. The molecule has 0 aliphatic carbocycles. The van der Waals surface area contributed by atoms with Gasteiger partial charge in [-0.25, -0.2) is 8.42 Å². The molecule has 0 unspecified atom stereocenters. The number of anilines is 2. The van der Waals surface area contributed by atoms with Gasteiger partial charge in [0.2, 0.25) is 0 Å². The zero-order valence-corrected chi connectivity index (χ0v) is 19.6. The van der Waals surface area contributed by atoms with Crippen LogP contribution in [0.5, 0.6) is 0 Å². The second kappa shape index (κ2) is 10.3. The first-order valence-corrected chi connectivity index (χ1v) is 12.1. The second-order valence-electron chi connectivity index (χ2n) is 7.70. The van der Waals surface area contributed by atoms with Gasteiger partial charge in [0.1, 0.15) is 0 Å². The third-order valence-electron chi connectivity index (χ3n) is 5.02. The van der Waals surface area contributed by atoms with Crippen LogP contribution in [0.4, 0.5) is 11.4 Å². The van der Waals surface area contributed by atoms with E-state index in [0.717, 1.165) is 12.0 Å². The number of carbonyl (C=O) groups is 2. The molecular formula is C25H27N3O4S. The Balaban J connectivity index is 1.77. The molecule has 33 heavy (non-hydrogen) atoms. The van der Waals surface area contributed by atoms with Crippen molar-refractivity contribution < 1.29 is 18.0 Å². The normalized spacial score (nSPS) is 11.0. The summed E-state index contributed by atoms with van der Waals surface area (Å²) in [5.74, 6) is -0.661. The van der Waals surface area contributed by atoms with Crippen LogP contribution in [0.3, 0.4) is 0 Å². The summed E-state index contributed by atoms with van der Waals surface area (Å²) in [6.45, 7) is 6.10. The van der Waals surface area contributed by atoms with Gasteiger partial charge in [0.15, 0.2) is 0 Å². The van der Waals surface area contributed by atoms with Gasteiger partial charge in [0.05, 0.1) is 21.8 Å². The Hall–Kier alpha value is -3.65. The molecule has 0 aromatic heterocycles. The SMILES string of the molecule is CCCNC(=O)c1ccccc1NC(=O)c1ccc(NS(=O)(=O)c2ccc(C)cc2)c(C)c1. The summed E-state index contributed by atoms with van der Waals surface area (Å²) in [5, 5.41) is 5.57. The van der Waals surface area contributed by atoms with Crippen LogP contribution < -0.4 is 15.4 Å². The van der Waals surface area contributed by atoms with Crippen LogP contribution >= 0.6 is 0 Å². The summed E-state index contributed by atoms with van der Waals surface area (Å²) in [4.78, 5) is 25.4. The topological polar surface area (TPSA) is 104 Å². The largest absolute Gasteiger partial charge is 0.352 e. The van der Waals surface area contributed by atoms with E-state index in [0.29, 0.717) is 34.6 Å². The van der Waals surface area contributed by atoms with Crippen LogP contribution in [0.25, 0.3) is 0 Å². The van der Waals surface area contributed by atoms with Crippen molar-refractivity contribution in [3.63, 3.8) is 0 Å². The quantitative estimate of drug-likeness (QED) is 0.456. The van der Waals surface area contributed by atoms with Crippen LogP contribution in [0, 0.1) is 13.8 Å². The number of hydrogen-bond donors (Lipinski definition) is 3. The molecule has 0 atom stereocenters. The second-order valence-corrected chi connectivity index (χ2v) is 9.39. The van der Waals surface area contributed by atoms with Crippen molar-refractivity contribution in [1.29, 1.82) is 0 Å². The van der Waals surface area contributed by atoms with E-state index < -0.39 is 15.9 Å². The summed E-state index contributed by atoms with van der Waals surface area (Å²) in [6, 6.07) is 18.0. The molecular weight excluding hydrogens is 438 g/mol. The number of rotatable bonds is 8. The summed E-state index contributed by atoms with van der Waals surface area (Å²) in [7, 11) is -3.75. The van der Waals surface area contributed by atoms with Crippen LogP contribution in [0.15, 0.2) is 71.6 Å². The fourth-order valence-corrected chi connectivity index (χ4v) is 4.29. The fourth-order valence-electron chi connectivity index (χ4n) is 3.16. The molecule has 0 saturated heterocycles. The van der Waals surface area contributed by atoms with Gasteiger partial charge in [0, 0.05) is 12.1 Å². The number of benzene rings is 3. The average molecular weight is 466 g/mol. The fraction of sp³-hybridized carbons (Fsp3) is 0.200. The van der Waals surface area contributed by atoms with Crippen molar-refractivity contribution in [3.05, 3.63) is 89.0 Å². The summed E-state index contributed by atoms with van der Waals surface area (Å²) < 4.78 is 27.9. The average Bonchev–Trinajstić information content (AvgIpc) is 2.79. The predicted molar refractivity (Wildman–Crippen MR) is 130 cm³/mol. The van der Waals surface area contributed by atoms with E-state index in [-0.39, 0.29) is 10.8 Å². The number of aryl methyl sites for hydroxylation is 2. The van der Waals surface area contributed by atoms with E-state index >= 15 is 0 Å². The van der Waals surface area contributed by atoms with Crippen molar-refractivity contribution in [2.24, 2.45) is 0 Å². The molecule has 3 aromatic carbocycles. The monoisotopic (exact) mass is 465 g/mol. The molecule has 0 aliphatic rings. The third kappa shape index (κ3) is 5.98. The molecule has 0 fully saturated rings. The molecule has 7 nitrogen and oxygen atoms in total. The first kappa shape index (κ1) is 24.0. The number of hydrogen-bond acceptors (Lipinski definition) is 4. The highest BCUT2D eigenvalue weighted by Crippen LogP contribution is 2.23. The van der Waals surface area contributed by atoms with Gasteiger partial charge >= 0.3 is 0 Å². The molecule has 3 rings (SSSR count). The molecule has 3 aromatic rings. The minimum atomic E-state index is -3.75. The Morgan fingerprint density at radius 3 is 2.21 bits per heavy atom. The molecule has 0 saturated carbocycles. The Morgan fingerprint density at radius 1 is 0.848 bits per heavy atom. The van der Waals surface area contributed by atoms with Crippen LogP contribution in [0.1, 0.15) is 45.2 Å². The Bertz CT molecular complexity index is 1270. The van der Waals surface area contributed by atoms with Crippen molar-refractivity contribution >= 4 is 33.2 Å². The number of sulfonamides is 1. The lowest BCUT2D eigenvalue weighted by Crippen LogP contribution is -2.25. The van der Waals surface area contributed by atoms with E-state index in [9.17, 15) is 18.0 Å². The molecule has 2 amide bonds. The summed E-state index contributed by atoms with van der Waals surface area (Å²) in [5.41, 5.74) is 3.05. The third-order valence-corrected chi connectivity index (χ3v) is 6.40. The van der Waals surface area contributed by atoms with Crippen LogP contribution in [-0.4, -0.2) is 26.8 Å². The Labute approximate surface area is 194 Å². The van der Waals surface area contributed by atoms with Crippen molar-refractivity contribution in [3.8, 4) is 0 Å². The Kier molecular flexibility index (Phi) is 7.50. The lowest BCUT2D eigenvalue weighted by atomic mass is 10.1.